The third-order valence-electron chi connectivity index (χ3n) is 7.33. The van der Waals surface area contributed by atoms with E-state index >= 15 is 0 Å². The second kappa shape index (κ2) is 10.3. The molecule has 14 heteroatoms. The first-order valence-corrected chi connectivity index (χ1v) is 13.0. The summed E-state index contributed by atoms with van der Waals surface area (Å²) < 4.78 is 110. The van der Waals surface area contributed by atoms with E-state index in [2.05, 4.69) is 10.3 Å². The standard InChI is InChI=1S/C25H25F8N3O2S/c1-12-4-3-9-36(12)22(38)17-18(39-21(35-17)20(37)34-11-13-5-6-13)15-8-7-14(10-16(15)19(26)27)23(2,24(28,29)30)25(31,32)33/h7-8,10,12-13,19H,3-6,9,11H2,1-2H3,(H,34,37)/t12-/m0/s1. The van der Waals surface area contributed by atoms with Gasteiger partial charge in [0.15, 0.2) is 10.4 Å². The fourth-order valence-corrected chi connectivity index (χ4v) is 5.52. The van der Waals surface area contributed by atoms with Crippen LogP contribution in [0.4, 0.5) is 35.1 Å². The fraction of sp³-hybridized carbons (Fsp3) is 0.560. The highest BCUT2D eigenvalue weighted by Gasteiger charge is 2.68. The van der Waals surface area contributed by atoms with Crippen LogP contribution in [0.1, 0.15) is 77.4 Å². The molecular weight excluding hydrogens is 558 g/mol. The smallest absolute Gasteiger partial charge is 0.350 e. The van der Waals surface area contributed by atoms with Gasteiger partial charge in [0.1, 0.15) is 5.69 Å². The second-order valence-corrected chi connectivity index (χ2v) is 11.1. The summed E-state index contributed by atoms with van der Waals surface area (Å²) in [5.74, 6) is -1.01. The first kappa shape index (κ1) is 29.2. The lowest BCUT2D eigenvalue weighted by Crippen LogP contribution is -2.51. The van der Waals surface area contributed by atoms with Crippen molar-refractivity contribution in [2.75, 3.05) is 13.1 Å². The van der Waals surface area contributed by atoms with Gasteiger partial charge in [-0.1, -0.05) is 12.1 Å². The summed E-state index contributed by atoms with van der Waals surface area (Å²) >= 11 is 0.589. The Morgan fingerprint density at radius 3 is 2.26 bits per heavy atom. The van der Waals surface area contributed by atoms with Crippen molar-refractivity contribution in [3.05, 3.63) is 40.0 Å². The molecule has 39 heavy (non-hydrogen) atoms. The minimum absolute atomic E-state index is 0.115. The van der Waals surface area contributed by atoms with Gasteiger partial charge in [-0.05, 0) is 57.1 Å². The van der Waals surface area contributed by atoms with Crippen LogP contribution in [-0.4, -0.2) is 53.2 Å². The molecule has 0 bridgehead atoms. The summed E-state index contributed by atoms with van der Waals surface area (Å²) in [6.07, 6.45) is -12.0. The minimum Gasteiger partial charge on any atom is -0.350 e. The topological polar surface area (TPSA) is 62.3 Å². The number of rotatable bonds is 7. The number of nitrogens with one attached hydrogen (secondary N) is 1. The molecule has 2 fully saturated rings. The largest absolute Gasteiger partial charge is 0.406 e. The Bertz CT molecular complexity index is 1240. The molecule has 0 unspecified atom stereocenters. The second-order valence-electron chi connectivity index (χ2n) is 10.1. The Morgan fingerprint density at radius 1 is 1.10 bits per heavy atom. The average molecular weight is 584 g/mol. The summed E-state index contributed by atoms with van der Waals surface area (Å²) in [4.78, 5) is 31.5. The summed E-state index contributed by atoms with van der Waals surface area (Å²) in [5, 5.41) is 2.43. The quantitative estimate of drug-likeness (QED) is 0.361. The molecule has 0 radical (unpaired) electrons. The van der Waals surface area contributed by atoms with E-state index in [1.807, 2.05) is 0 Å². The van der Waals surface area contributed by atoms with Gasteiger partial charge in [0.25, 0.3) is 18.2 Å². The van der Waals surface area contributed by atoms with Crippen molar-refractivity contribution in [1.29, 1.82) is 0 Å². The maximum Gasteiger partial charge on any atom is 0.406 e. The third kappa shape index (κ3) is 5.48. The average Bonchev–Trinajstić information content (AvgIpc) is 3.41. The van der Waals surface area contributed by atoms with Gasteiger partial charge >= 0.3 is 12.4 Å². The first-order chi connectivity index (χ1) is 18.1. The van der Waals surface area contributed by atoms with E-state index < -0.39 is 52.7 Å². The summed E-state index contributed by atoms with van der Waals surface area (Å²) in [6.45, 7) is 2.35. The van der Waals surface area contributed by atoms with Crippen LogP contribution in [0.25, 0.3) is 10.4 Å². The lowest BCUT2D eigenvalue weighted by atomic mass is 9.79. The van der Waals surface area contributed by atoms with Gasteiger partial charge in [0.05, 0.1) is 4.88 Å². The van der Waals surface area contributed by atoms with Gasteiger partial charge < -0.3 is 10.2 Å². The Balaban J connectivity index is 1.85. The highest BCUT2D eigenvalue weighted by Crippen LogP contribution is 2.53. The monoisotopic (exact) mass is 583 g/mol. The van der Waals surface area contributed by atoms with E-state index in [-0.39, 0.29) is 34.6 Å². The van der Waals surface area contributed by atoms with Crippen LogP contribution in [0, 0.1) is 5.92 Å². The van der Waals surface area contributed by atoms with Crippen molar-refractivity contribution in [2.24, 2.45) is 5.92 Å². The van der Waals surface area contributed by atoms with Gasteiger partial charge in [-0.15, -0.1) is 11.3 Å². The van der Waals surface area contributed by atoms with E-state index in [4.69, 9.17) is 0 Å². The number of amides is 2. The molecule has 0 spiro atoms. The lowest BCUT2D eigenvalue weighted by molar-refractivity contribution is -0.297. The third-order valence-corrected chi connectivity index (χ3v) is 8.42. The van der Waals surface area contributed by atoms with Crippen molar-refractivity contribution in [2.45, 2.75) is 69.8 Å². The number of aromatic nitrogens is 1. The zero-order valence-electron chi connectivity index (χ0n) is 20.8. The number of hydrogen-bond donors (Lipinski definition) is 1. The van der Waals surface area contributed by atoms with Crippen LogP contribution in [0.3, 0.4) is 0 Å². The van der Waals surface area contributed by atoms with Gasteiger partial charge in [0, 0.05) is 30.3 Å². The summed E-state index contributed by atoms with van der Waals surface area (Å²) in [7, 11) is 0. The van der Waals surface area contributed by atoms with Crippen molar-refractivity contribution in [3.8, 4) is 10.4 Å². The molecule has 2 aliphatic rings. The zero-order valence-corrected chi connectivity index (χ0v) is 21.7. The Hall–Kier alpha value is -2.77. The van der Waals surface area contributed by atoms with E-state index in [1.165, 1.54) is 4.90 Å². The Kier molecular flexibility index (Phi) is 7.74. The van der Waals surface area contributed by atoms with Crippen LogP contribution in [0.15, 0.2) is 18.2 Å². The van der Waals surface area contributed by atoms with Gasteiger partial charge in [-0.3, -0.25) is 9.59 Å². The van der Waals surface area contributed by atoms with Crippen LogP contribution < -0.4 is 5.32 Å². The molecule has 1 aliphatic heterocycles. The molecule has 2 amide bonds. The highest BCUT2D eigenvalue weighted by atomic mass is 32.1. The maximum atomic E-state index is 14.2. The van der Waals surface area contributed by atoms with Gasteiger partial charge in [-0.25, -0.2) is 13.8 Å². The molecule has 1 aliphatic carbocycles. The molecule has 1 saturated heterocycles. The molecule has 1 N–H and O–H groups in total. The van der Waals surface area contributed by atoms with Crippen molar-refractivity contribution < 1.29 is 44.7 Å². The summed E-state index contributed by atoms with van der Waals surface area (Å²) in [6, 6.07) is 1.13. The SMILES string of the molecule is C[C@H]1CCCN1C(=O)c1nc(C(=O)NCC2CC2)sc1-c1ccc(C(C)(C(F)(F)F)C(F)(F)F)cc1C(F)F. The number of thiazole rings is 1. The molecule has 1 aromatic carbocycles. The maximum absolute atomic E-state index is 14.2. The normalized spacial score (nSPS) is 18.6. The lowest BCUT2D eigenvalue weighted by Gasteiger charge is -2.34. The van der Waals surface area contributed by atoms with Crippen molar-refractivity contribution in [1.82, 2.24) is 15.2 Å². The Morgan fingerprint density at radius 2 is 1.74 bits per heavy atom. The molecule has 4 rings (SSSR count). The molecule has 1 aromatic heterocycles. The Labute approximate surface area is 222 Å². The number of benzene rings is 1. The molecule has 1 atom stereocenters. The van der Waals surface area contributed by atoms with Gasteiger partial charge in [0.2, 0.25) is 0 Å². The van der Waals surface area contributed by atoms with Crippen LogP contribution in [-0.2, 0) is 5.41 Å². The number of hydrogen-bond acceptors (Lipinski definition) is 4. The number of alkyl halides is 8. The van der Waals surface area contributed by atoms with Gasteiger partial charge in [-0.2, -0.15) is 26.3 Å². The van der Waals surface area contributed by atoms with Crippen molar-refractivity contribution in [3.63, 3.8) is 0 Å². The number of likely N-dealkylation sites (tertiary alicyclic amines) is 1. The zero-order chi connectivity index (χ0) is 28.9. The highest BCUT2D eigenvalue weighted by molar-refractivity contribution is 7.17. The number of carbonyl (C=O) groups is 2. The van der Waals surface area contributed by atoms with E-state index in [0.29, 0.717) is 55.3 Å². The first-order valence-electron chi connectivity index (χ1n) is 12.2. The van der Waals surface area contributed by atoms with Crippen LogP contribution >= 0.6 is 11.3 Å². The molecule has 214 valence electrons. The predicted molar refractivity (Wildman–Crippen MR) is 127 cm³/mol. The predicted octanol–water partition coefficient (Wildman–Crippen LogP) is 6.89. The molecule has 2 heterocycles. The van der Waals surface area contributed by atoms with Crippen molar-refractivity contribution >= 4 is 23.2 Å². The van der Waals surface area contributed by atoms with Crippen LogP contribution in [0.2, 0.25) is 0 Å². The molecule has 1 saturated carbocycles. The number of carbonyl (C=O) groups excluding carboxylic acids is 2. The van der Waals surface area contributed by atoms with Crippen LogP contribution in [0.5, 0.6) is 0 Å². The molecule has 2 aromatic rings. The van der Waals surface area contributed by atoms with E-state index in [0.717, 1.165) is 12.8 Å². The fourth-order valence-electron chi connectivity index (χ4n) is 4.50. The summed E-state index contributed by atoms with van der Waals surface area (Å²) in [5.41, 5.74) is -7.80. The number of halogens is 8. The van der Waals surface area contributed by atoms with E-state index in [1.54, 1.807) is 6.92 Å². The molecule has 5 nitrogen and oxygen atoms in total. The molecular formula is C25H25F8N3O2S. The number of nitrogens with zero attached hydrogens (tertiary/aromatic N) is 2. The minimum atomic E-state index is -5.84. The van der Waals surface area contributed by atoms with E-state index in [9.17, 15) is 44.7 Å².